The van der Waals surface area contributed by atoms with E-state index in [0.29, 0.717) is 18.9 Å². The van der Waals surface area contributed by atoms with Gasteiger partial charge in [0.2, 0.25) is 0 Å². The molecule has 2 amide bonds. The van der Waals surface area contributed by atoms with Crippen LogP contribution in [0.15, 0.2) is 66.9 Å². The first-order chi connectivity index (χ1) is 21.7. The molecule has 0 radical (unpaired) electrons. The summed E-state index contributed by atoms with van der Waals surface area (Å²) in [5.74, 6) is -2.16. The van der Waals surface area contributed by atoms with Gasteiger partial charge in [0.05, 0.1) is 17.7 Å². The summed E-state index contributed by atoms with van der Waals surface area (Å²) >= 11 is 0. The molecule has 244 valence electrons. The number of guanidine groups is 1. The first-order valence-electron chi connectivity index (χ1n) is 14.3. The molecular weight excluding hydrogens is 621 g/mol. The van der Waals surface area contributed by atoms with Crippen LogP contribution in [0.25, 0.3) is 0 Å². The number of amides is 2. The lowest BCUT2D eigenvalue weighted by Crippen LogP contribution is -2.49. The van der Waals surface area contributed by atoms with E-state index in [1.165, 1.54) is 17.0 Å². The van der Waals surface area contributed by atoms with Crippen molar-refractivity contribution in [3.05, 3.63) is 94.9 Å². The van der Waals surface area contributed by atoms with Gasteiger partial charge in [0.25, 0.3) is 11.8 Å². The zero-order valence-corrected chi connectivity index (χ0v) is 24.3. The van der Waals surface area contributed by atoms with Gasteiger partial charge >= 0.3 is 12.4 Å². The molecule has 0 unspecified atom stereocenters. The summed E-state index contributed by atoms with van der Waals surface area (Å²) in [6, 6.07) is 12.7. The van der Waals surface area contributed by atoms with E-state index < -0.39 is 78.4 Å². The SMILES string of the molecule is N=C1N[C@](CCCC(F)(F)F)(c2ccc(F)cc2)C(=O)N1Cc1ccc(C(F)(F)F)c(C(=O)N2CCN(c3ccccn3)CC2)c1. The van der Waals surface area contributed by atoms with Crippen molar-refractivity contribution in [3.63, 3.8) is 0 Å². The highest BCUT2D eigenvalue weighted by atomic mass is 19.4. The Bertz CT molecular complexity index is 1590. The number of anilines is 1. The van der Waals surface area contributed by atoms with Gasteiger partial charge in [-0.1, -0.05) is 24.3 Å². The lowest BCUT2D eigenvalue weighted by molar-refractivity contribution is -0.140. The predicted molar refractivity (Wildman–Crippen MR) is 153 cm³/mol. The van der Waals surface area contributed by atoms with E-state index in [2.05, 4.69) is 10.3 Å². The van der Waals surface area contributed by atoms with Crippen LogP contribution in [-0.2, 0) is 23.1 Å². The van der Waals surface area contributed by atoms with Crippen molar-refractivity contribution in [3.8, 4) is 0 Å². The lowest BCUT2D eigenvalue weighted by Gasteiger charge is -2.35. The third-order valence-corrected chi connectivity index (χ3v) is 8.06. The molecule has 2 aliphatic heterocycles. The molecule has 2 saturated heterocycles. The van der Waals surface area contributed by atoms with E-state index in [1.807, 2.05) is 4.90 Å². The highest BCUT2D eigenvalue weighted by Crippen LogP contribution is 2.38. The number of rotatable bonds is 8. The lowest BCUT2D eigenvalue weighted by atomic mass is 9.84. The molecule has 2 aliphatic rings. The molecule has 0 bridgehead atoms. The maximum Gasteiger partial charge on any atom is 0.417 e. The zero-order valence-electron chi connectivity index (χ0n) is 24.3. The minimum atomic E-state index is -4.87. The average Bonchev–Trinajstić information content (AvgIpc) is 3.25. The number of aromatic nitrogens is 1. The number of carbonyl (C=O) groups excluding carboxylic acids is 2. The maximum atomic E-state index is 14.0. The summed E-state index contributed by atoms with van der Waals surface area (Å²) < 4.78 is 94.7. The Morgan fingerprint density at radius 1 is 0.957 bits per heavy atom. The van der Waals surface area contributed by atoms with Gasteiger partial charge in [0.15, 0.2) is 5.96 Å². The maximum absolute atomic E-state index is 14.0. The Kier molecular flexibility index (Phi) is 8.96. The zero-order chi connectivity index (χ0) is 33.3. The Labute approximate surface area is 259 Å². The number of alkyl halides is 6. The summed E-state index contributed by atoms with van der Waals surface area (Å²) in [5, 5.41) is 11.1. The van der Waals surface area contributed by atoms with E-state index in [4.69, 9.17) is 5.41 Å². The van der Waals surface area contributed by atoms with Crippen molar-refractivity contribution < 1.29 is 40.3 Å². The molecule has 2 N–H and O–H groups in total. The van der Waals surface area contributed by atoms with Gasteiger partial charge in [-0.15, -0.1) is 0 Å². The molecule has 5 rings (SSSR count). The number of hydrogen-bond acceptors (Lipinski definition) is 5. The monoisotopic (exact) mass is 650 g/mol. The van der Waals surface area contributed by atoms with E-state index in [1.54, 1.807) is 24.4 Å². The fourth-order valence-electron chi connectivity index (χ4n) is 5.75. The largest absolute Gasteiger partial charge is 0.417 e. The second kappa shape index (κ2) is 12.6. The Morgan fingerprint density at radius 3 is 2.26 bits per heavy atom. The fourth-order valence-corrected chi connectivity index (χ4v) is 5.75. The molecule has 15 heteroatoms. The van der Waals surface area contributed by atoms with Gasteiger partial charge in [0.1, 0.15) is 17.2 Å². The molecule has 2 aromatic carbocycles. The number of carbonyl (C=O) groups is 2. The molecule has 0 aliphatic carbocycles. The Balaban J connectivity index is 1.39. The van der Waals surface area contributed by atoms with Crippen LogP contribution in [0.4, 0.5) is 36.6 Å². The molecule has 1 atom stereocenters. The number of benzene rings is 2. The average molecular weight is 651 g/mol. The number of nitrogens with one attached hydrogen (secondary N) is 2. The first kappa shape index (κ1) is 32.7. The second-order valence-corrected chi connectivity index (χ2v) is 11.1. The molecule has 0 spiro atoms. The topological polar surface area (TPSA) is 92.6 Å². The van der Waals surface area contributed by atoms with E-state index in [0.717, 1.165) is 35.2 Å². The van der Waals surface area contributed by atoms with E-state index >= 15 is 0 Å². The quantitative estimate of drug-likeness (QED) is 0.306. The number of halogens is 7. The molecule has 3 heterocycles. The van der Waals surface area contributed by atoms with Crippen LogP contribution in [0.3, 0.4) is 0 Å². The van der Waals surface area contributed by atoms with Gasteiger partial charge in [-0.2, -0.15) is 26.3 Å². The fraction of sp³-hybridized carbons (Fsp3) is 0.355. The minimum absolute atomic E-state index is 0.0913. The number of piperazine rings is 1. The highest BCUT2D eigenvalue weighted by molar-refractivity contribution is 6.08. The summed E-state index contributed by atoms with van der Waals surface area (Å²) in [5.41, 5.74) is -3.41. The summed E-state index contributed by atoms with van der Waals surface area (Å²) in [6.07, 6.45) is -9.86. The van der Waals surface area contributed by atoms with Crippen molar-refractivity contribution in [2.75, 3.05) is 31.1 Å². The van der Waals surface area contributed by atoms with E-state index in [9.17, 15) is 40.3 Å². The third-order valence-electron chi connectivity index (χ3n) is 8.06. The molecule has 3 aromatic rings. The van der Waals surface area contributed by atoms with Crippen molar-refractivity contribution >= 4 is 23.6 Å². The van der Waals surface area contributed by atoms with Gasteiger partial charge in [0, 0.05) is 38.8 Å². The van der Waals surface area contributed by atoms with Crippen molar-refractivity contribution in [2.45, 2.75) is 43.7 Å². The van der Waals surface area contributed by atoms with Crippen LogP contribution in [0.5, 0.6) is 0 Å². The van der Waals surface area contributed by atoms with Gasteiger partial charge in [-0.3, -0.25) is 19.9 Å². The third kappa shape index (κ3) is 6.92. The molecule has 2 fully saturated rings. The van der Waals surface area contributed by atoms with Crippen LogP contribution in [0.2, 0.25) is 0 Å². The van der Waals surface area contributed by atoms with Gasteiger partial charge < -0.3 is 15.1 Å². The normalized spacial score (nSPS) is 19.1. The highest BCUT2D eigenvalue weighted by Gasteiger charge is 2.51. The number of nitrogens with zero attached hydrogens (tertiary/aromatic N) is 4. The van der Waals surface area contributed by atoms with Crippen molar-refractivity contribution in [1.29, 1.82) is 5.41 Å². The summed E-state index contributed by atoms with van der Waals surface area (Å²) in [4.78, 5) is 35.6. The van der Waals surface area contributed by atoms with Gasteiger partial charge in [-0.05, 0) is 60.4 Å². The van der Waals surface area contributed by atoms with Crippen LogP contribution < -0.4 is 10.2 Å². The van der Waals surface area contributed by atoms with Gasteiger partial charge in [-0.25, -0.2) is 9.37 Å². The standard InChI is InChI=1S/C31H29F7N6O2/c32-22-8-6-21(7-9-22)29(11-3-12-30(33,34)35)27(46)44(28(39)41-29)19-20-5-10-24(31(36,37)38)23(18-20)26(45)43-16-14-42(15-17-43)25-4-1-2-13-40-25/h1-2,4-10,13,18H,3,11-12,14-17,19H2,(H2,39,41)/t29-/m1/s1. The van der Waals surface area contributed by atoms with E-state index in [-0.39, 0.29) is 24.2 Å². The molecule has 46 heavy (non-hydrogen) atoms. The van der Waals surface area contributed by atoms with Crippen LogP contribution in [0.1, 0.15) is 46.3 Å². The first-order valence-corrected chi connectivity index (χ1v) is 14.3. The van der Waals surface area contributed by atoms with Crippen LogP contribution >= 0.6 is 0 Å². The Morgan fingerprint density at radius 2 is 1.65 bits per heavy atom. The van der Waals surface area contributed by atoms with Crippen molar-refractivity contribution in [1.82, 2.24) is 20.1 Å². The molecule has 0 saturated carbocycles. The predicted octanol–water partition coefficient (Wildman–Crippen LogP) is 5.70. The Hall–Kier alpha value is -4.69. The smallest absolute Gasteiger partial charge is 0.353 e. The summed E-state index contributed by atoms with van der Waals surface area (Å²) in [6.45, 7) is 0.505. The van der Waals surface area contributed by atoms with Crippen LogP contribution in [0, 0.1) is 11.2 Å². The van der Waals surface area contributed by atoms with Crippen molar-refractivity contribution in [2.24, 2.45) is 0 Å². The minimum Gasteiger partial charge on any atom is -0.353 e. The molecule has 8 nitrogen and oxygen atoms in total. The van der Waals surface area contributed by atoms with Crippen LogP contribution in [-0.4, -0.2) is 64.9 Å². The number of pyridine rings is 1. The number of hydrogen-bond donors (Lipinski definition) is 2. The summed E-state index contributed by atoms with van der Waals surface area (Å²) in [7, 11) is 0. The molecular formula is C31H29F7N6O2. The molecule has 1 aromatic heterocycles. The second-order valence-electron chi connectivity index (χ2n) is 11.1.